The van der Waals surface area contributed by atoms with E-state index in [4.69, 9.17) is 18.9 Å². The molecule has 0 aliphatic rings. The van der Waals surface area contributed by atoms with Gasteiger partial charge in [0.05, 0.1) is 28.4 Å². The Bertz CT molecular complexity index is 832. The summed E-state index contributed by atoms with van der Waals surface area (Å²) in [7, 11) is 6.61. The Balaban J connectivity index is 2.07. The van der Waals surface area contributed by atoms with Gasteiger partial charge in [-0.25, -0.2) is 0 Å². The summed E-state index contributed by atoms with van der Waals surface area (Å²) < 4.78 is 21.7. The Morgan fingerprint density at radius 1 is 0.500 bits per heavy atom. The highest BCUT2D eigenvalue weighted by Gasteiger charge is 2.11. The van der Waals surface area contributed by atoms with Crippen molar-refractivity contribution in [1.82, 2.24) is 0 Å². The first-order valence-corrected chi connectivity index (χ1v) is 8.25. The van der Waals surface area contributed by atoms with Crippen molar-refractivity contribution in [2.24, 2.45) is 0 Å². The van der Waals surface area contributed by atoms with Crippen LogP contribution in [0.3, 0.4) is 0 Å². The monoisotopic (exact) mass is 350 g/mol. The molecule has 0 unspecified atom stereocenters. The SMILES string of the molecule is COc1ccc(-c2cccc(-c3ccc(OC)cc3OC)c2)c(OC)c1. The molecule has 0 N–H and O–H groups in total. The Labute approximate surface area is 153 Å². The second-order valence-corrected chi connectivity index (χ2v) is 5.71. The molecule has 26 heavy (non-hydrogen) atoms. The molecule has 0 fully saturated rings. The third kappa shape index (κ3) is 3.45. The second-order valence-electron chi connectivity index (χ2n) is 5.71. The number of hydrogen-bond donors (Lipinski definition) is 0. The van der Waals surface area contributed by atoms with Gasteiger partial charge in [0, 0.05) is 23.3 Å². The first kappa shape index (κ1) is 17.7. The Kier molecular flexibility index (Phi) is 5.32. The van der Waals surface area contributed by atoms with Gasteiger partial charge in [0.15, 0.2) is 0 Å². The number of methoxy groups -OCH3 is 4. The van der Waals surface area contributed by atoms with E-state index < -0.39 is 0 Å². The summed E-state index contributed by atoms with van der Waals surface area (Å²) in [5, 5.41) is 0. The van der Waals surface area contributed by atoms with Crippen molar-refractivity contribution in [1.29, 1.82) is 0 Å². The molecule has 0 aliphatic carbocycles. The van der Waals surface area contributed by atoms with Gasteiger partial charge in [-0.05, 0) is 41.5 Å². The quantitative estimate of drug-likeness (QED) is 0.623. The van der Waals surface area contributed by atoms with Crippen LogP contribution in [0.2, 0.25) is 0 Å². The smallest absolute Gasteiger partial charge is 0.130 e. The lowest BCUT2D eigenvalue weighted by Crippen LogP contribution is -1.92. The maximum absolute atomic E-state index is 5.54. The van der Waals surface area contributed by atoms with Crippen molar-refractivity contribution in [3.63, 3.8) is 0 Å². The fourth-order valence-corrected chi connectivity index (χ4v) is 2.93. The molecule has 3 aromatic carbocycles. The van der Waals surface area contributed by atoms with Crippen LogP contribution in [0.15, 0.2) is 60.7 Å². The molecule has 0 spiro atoms. The molecular formula is C22H22O4. The molecule has 0 atom stereocenters. The molecule has 0 saturated carbocycles. The third-order valence-corrected chi connectivity index (χ3v) is 4.30. The summed E-state index contributed by atoms with van der Waals surface area (Å²) in [6.45, 7) is 0. The zero-order chi connectivity index (χ0) is 18.5. The molecule has 0 radical (unpaired) electrons. The van der Waals surface area contributed by atoms with Crippen molar-refractivity contribution >= 4 is 0 Å². The summed E-state index contributed by atoms with van der Waals surface area (Å²) in [6, 6.07) is 19.9. The summed E-state index contributed by atoms with van der Waals surface area (Å²) in [5.74, 6) is 3.06. The number of ether oxygens (including phenoxy) is 4. The number of benzene rings is 3. The molecule has 3 aromatic rings. The minimum absolute atomic E-state index is 0.763. The van der Waals surface area contributed by atoms with E-state index in [1.165, 1.54) is 0 Å². The van der Waals surface area contributed by atoms with Crippen LogP contribution in [0.4, 0.5) is 0 Å². The van der Waals surface area contributed by atoms with Crippen molar-refractivity contribution in [2.45, 2.75) is 0 Å². The average molecular weight is 350 g/mol. The van der Waals surface area contributed by atoms with E-state index in [9.17, 15) is 0 Å². The van der Waals surface area contributed by atoms with E-state index in [-0.39, 0.29) is 0 Å². The van der Waals surface area contributed by atoms with Gasteiger partial charge in [-0.3, -0.25) is 0 Å². The van der Waals surface area contributed by atoms with Crippen LogP contribution in [0.25, 0.3) is 22.3 Å². The molecule has 0 bridgehead atoms. The van der Waals surface area contributed by atoms with Gasteiger partial charge >= 0.3 is 0 Å². The van der Waals surface area contributed by atoms with Crippen LogP contribution in [-0.4, -0.2) is 28.4 Å². The van der Waals surface area contributed by atoms with Crippen molar-refractivity contribution < 1.29 is 18.9 Å². The van der Waals surface area contributed by atoms with Gasteiger partial charge in [0.25, 0.3) is 0 Å². The standard InChI is InChI=1S/C22H22O4/c1-23-17-8-10-19(21(13-17)25-3)15-6-5-7-16(12-15)20-11-9-18(24-2)14-22(20)26-4/h5-14H,1-4H3. The molecular weight excluding hydrogens is 328 g/mol. The Morgan fingerprint density at radius 3 is 1.35 bits per heavy atom. The summed E-state index contributed by atoms with van der Waals surface area (Å²) in [5.41, 5.74) is 4.12. The maximum atomic E-state index is 5.54. The highest BCUT2D eigenvalue weighted by atomic mass is 16.5. The van der Waals surface area contributed by atoms with Crippen LogP contribution in [-0.2, 0) is 0 Å². The van der Waals surface area contributed by atoms with E-state index in [0.29, 0.717) is 0 Å². The molecule has 0 saturated heterocycles. The lowest BCUT2D eigenvalue weighted by molar-refractivity contribution is 0.395. The minimum atomic E-state index is 0.763. The van der Waals surface area contributed by atoms with Crippen molar-refractivity contribution in [2.75, 3.05) is 28.4 Å². The number of rotatable bonds is 6. The second kappa shape index (κ2) is 7.83. The lowest BCUT2D eigenvalue weighted by atomic mass is 9.97. The van der Waals surface area contributed by atoms with E-state index in [1.54, 1.807) is 28.4 Å². The van der Waals surface area contributed by atoms with Gasteiger partial charge in [-0.15, -0.1) is 0 Å². The van der Waals surface area contributed by atoms with E-state index in [1.807, 2.05) is 42.5 Å². The van der Waals surface area contributed by atoms with Gasteiger partial charge in [-0.2, -0.15) is 0 Å². The van der Waals surface area contributed by atoms with E-state index in [0.717, 1.165) is 45.3 Å². The van der Waals surface area contributed by atoms with Crippen LogP contribution >= 0.6 is 0 Å². The average Bonchev–Trinajstić information content (AvgIpc) is 2.72. The fourth-order valence-electron chi connectivity index (χ4n) is 2.93. The van der Waals surface area contributed by atoms with E-state index >= 15 is 0 Å². The topological polar surface area (TPSA) is 36.9 Å². The molecule has 4 nitrogen and oxygen atoms in total. The van der Waals surface area contributed by atoms with Gasteiger partial charge in [0.2, 0.25) is 0 Å². The third-order valence-electron chi connectivity index (χ3n) is 4.30. The molecule has 0 amide bonds. The van der Waals surface area contributed by atoms with Crippen molar-refractivity contribution in [3.05, 3.63) is 60.7 Å². The first-order valence-electron chi connectivity index (χ1n) is 8.25. The molecule has 0 aromatic heterocycles. The summed E-state index contributed by atoms with van der Waals surface area (Å²) in [6.07, 6.45) is 0. The molecule has 3 rings (SSSR count). The van der Waals surface area contributed by atoms with Crippen molar-refractivity contribution in [3.8, 4) is 45.3 Å². The van der Waals surface area contributed by atoms with Crippen LogP contribution < -0.4 is 18.9 Å². The Morgan fingerprint density at radius 2 is 0.962 bits per heavy atom. The predicted molar refractivity (Wildman–Crippen MR) is 104 cm³/mol. The minimum Gasteiger partial charge on any atom is -0.497 e. The fraction of sp³-hybridized carbons (Fsp3) is 0.182. The van der Waals surface area contributed by atoms with Gasteiger partial charge in [-0.1, -0.05) is 18.2 Å². The van der Waals surface area contributed by atoms with Crippen LogP contribution in [0, 0.1) is 0 Å². The first-order chi connectivity index (χ1) is 12.7. The summed E-state index contributed by atoms with van der Waals surface area (Å²) >= 11 is 0. The van der Waals surface area contributed by atoms with Gasteiger partial charge in [0.1, 0.15) is 23.0 Å². The normalized spacial score (nSPS) is 10.3. The lowest BCUT2D eigenvalue weighted by Gasteiger charge is -2.14. The molecule has 134 valence electrons. The largest absolute Gasteiger partial charge is 0.497 e. The molecule has 4 heteroatoms. The predicted octanol–water partition coefficient (Wildman–Crippen LogP) is 5.06. The summed E-state index contributed by atoms with van der Waals surface area (Å²) in [4.78, 5) is 0. The Hall–Kier alpha value is -3.14. The highest BCUT2D eigenvalue weighted by Crippen LogP contribution is 2.38. The van der Waals surface area contributed by atoms with Crippen LogP contribution in [0.1, 0.15) is 0 Å². The maximum Gasteiger partial charge on any atom is 0.130 e. The van der Waals surface area contributed by atoms with E-state index in [2.05, 4.69) is 18.2 Å². The van der Waals surface area contributed by atoms with Gasteiger partial charge < -0.3 is 18.9 Å². The molecule has 0 aliphatic heterocycles. The van der Waals surface area contributed by atoms with Crippen LogP contribution in [0.5, 0.6) is 23.0 Å². The highest BCUT2D eigenvalue weighted by molar-refractivity contribution is 5.79. The number of hydrogen-bond acceptors (Lipinski definition) is 4. The molecule has 0 heterocycles. The zero-order valence-electron chi connectivity index (χ0n) is 15.4. The zero-order valence-corrected chi connectivity index (χ0v) is 15.4.